The van der Waals surface area contributed by atoms with Gasteiger partial charge >= 0.3 is 0 Å². The fraction of sp³-hybridized carbons (Fsp3) is 0.370. The first-order valence-corrected chi connectivity index (χ1v) is 12.4. The molecule has 1 amide bonds. The predicted octanol–water partition coefficient (Wildman–Crippen LogP) is 3.40. The smallest absolute Gasteiger partial charge is 0.258 e. The quantitative estimate of drug-likeness (QED) is 0.494. The molecule has 4 heterocycles. The summed E-state index contributed by atoms with van der Waals surface area (Å²) < 4.78 is 28.0. The van der Waals surface area contributed by atoms with Gasteiger partial charge < -0.3 is 33.9 Å². The largest absolute Gasteiger partial charge is 0.497 e. The summed E-state index contributed by atoms with van der Waals surface area (Å²) in [5.74, 6) is 2.58. The molecule has 1 N–H and O–H groups in total. The molecule has 10 nitrogen and oxygen atoms in total. The number of hydrogen-bond donors (Lipinski definition) is 1. The lowest BCUT2D eigenvalue weighted by Gasteiger charge is -2.19. The average Bonchev–Trinajstić information content (AvgIpc) is 3.70. The van der Waals surface area contributed by atoms with Crippen molar-refractivity contribution >= 4 is 17.5 Å². The third kappa shape index (κ3) is 4.84. The van der Waals surface area contributed by atoms with Crippen molar-refractivity contribution in [3.05, 3.63) is 59.3 Å². The zero-order valence-corrected chi connectivity index (χ0v) is 20.6. The number of benzene rings is 2. The summed E-state index contributed by atoms with van der Waals surface area (Å²) >= 11 is 0. The van der Waals surface area contributed by atoms with Crippen LogP contribution in [0.1, 0.15) is 34.3 Å². The Hall–Kier alpha value is -4.05. The van der Waals surface area contributed by atoms with E-state index in [2.05, 4.69) is 10.3 Å². The van der Waals surface area contributed by atoms with Crippen LogP contribution in [-0.4, -0.2) is 55.6 Å². The minimum absolute atomic E-state index is 0.0280. The first kappa shape index (κ1) is 23.4. The third-order valence-electron chi connectivity index (χ3n) is 6.74. The monoisotopic (exact) mass is 504 g/mol. The van der Waals surface area contributed by atoms with Crippen LogP contribution in [0.15, 0.2) is 42.6 Å². The number of nitrogens with zero attached hydrogens (tertiary/aromatic N) is 3. The molecule has 1 saturated heterocycles. The minimum atomic E-state index is -0.297. The van der Waals surface area contributed by atoms with E-state index in [4.69, 9.17) is 28.7 Å². The van der Waals surface area contributed by atoms with Crippen LogP contribution >= 0.6 is 0 Å². The van der Waals surface area contributed by atoms with Gasteiger partial charge in [-0.2, -0.15) is 4.98 Å². The van der Waals surface area contributed by atoms with Crippen LogP contribution in [0.25, 0.3) is 0 Å². The molecule has 1 atom stereocenters. The number of carbonyl (C=O) groups is 1. The van der Waals surface area contributed by atoms with Crippen molar-refractivity contribution in [3.63, 3.8) is 0 Å². The SMILES string of the molecule is COc1ccc2c(c1)CCN2c1ncc(C(=O)NCC2CCCO2)c(OCc2ccc3c(c2)OCO3)n1. The number of fused-ring (bicyclic) bond motifs is 2. The Labute approximate surface area is 214 Å². The lowest BCUT2D eigenvalue weighted by atomic mass is 10.1. The summed E-state index contributed by atoms with van der Waals surface area (Å²) in [6.45, 7) is 2.28. The van der Waals surface area contributed by atoms with Crippen LogP contribution < -0.4 is 29.2 Å². The molecule has 1 aromatic heterocycles. The molecule has 192 valence electrons. The molecule has 0 radical (unpaired) electrons. The number of hydrogen-bond acceptors (Lipinski definition) is 9. The molecular formula is C27H28N4O6. The van der Waals surface area contributed by atoms with Gasteiger partial charge in [0.1, 0.15) is 17.9 Å². The summed E-state index contributed by atoms with van der Waals surface area (Å²) in [7, 11) is 1.66. The molecule has 0 saturated carbocycles. The second kappa shape index (κ2) is 10.1. The molecule has 3 aliphatic rings. The number of amides is 1. The summed E-state index contributed by atoms with van der Waals surface area (Å²) in [6.07, 6.45) is 4.34. The van der Waals surface area contributed by atoms with Crippen LogP contribution in [0.5, 0.6) is 23.1 Å². The molecule has 3 aromatic rings. The minimum Gasteiger partial charge on any atom is -0.497 e. The number of carbonyl (C=O) groups excluding carboxylic acids is 1. The zero-order valence-electron chi connectivity index (χ0n) is 20.6. The fourth-order valence-electron chi connectivity index (χ4n) is 4.76. The van der Waals surface area contributed by atoms with Crippen LogP contribution in [-0.2, 0) is 17.8 Å². The molecule has 37 heavy (non-hydrogen) atoms. The molecule has 0 aliphatic carbocycles. The Morgan fingerprint density at radius 3 is 2.97 bits per heavy atom. The Morgan fingerprint density at radius 1 is 1.19 bits per heavy atom. The first-order valence-electron chi connectivity index (χ1n) is 12.4. The summed E-state index contributed by atoms with van der Waals surface area (Å²) in [5.41, 5.74) is 3.31. The first-order chi connectivity index (χ1) is 18.2. The van der Waals surface area contributed by atoms with Gasteiger partial charge in [-0.3, -0.25) is 4.79 Å². The van der Waals surface area contributed by atoms with E-state index in [0.29, 0.717) is 30.5 Å². The van der Waals surface area contributed by atoms with Crippen LogP contribution in [0.3, 0.4) is 0 Å². The molecule has 0 spiro atoms. The Morgan fingerprint density at radius 2 is 2.11 bits per heavy atom. The van der Waals surface area contributed by atoms with E-state index in [-0.39, 0.29) is 36.9 Å². The topological polar surface area (TPSA) is 104 Å². The lowest BCUT2D eigenvalue weighted by molar-refractivity contribution is 0.0853. The second-order valence-corrected chi connectivity index (χ2v) is 9.11. The fourth-order valence-corrected chi connectivity index (χ4v) is 4.76. The van der Waals surface area contributed by atoms with Gasteiger partial charge in [0.15, 0.2) is 11.5 Å². The van der Waals surface area contributed by atoms with E-state index < -0.39 is 0 Å². The number of methoxy groups -OCH3 is 1. The van der Waals surface area contributed by atoms with E-state index in [1.165, 1.54) is 6.20 Å². The van der Waals surface area contributed by atoms with Gasteiger partial charge in [0.05, 0.1) is 13.2 Å². The highest BCUT2D eigenvalue weighted by Gasteiger charge is 2.26. The van der Waals surface area contributed by atoms with Gasteiger partial charge in [-0.05, 0) is 60.7 Å². The molecule has 0 bridgehead atoms. The van der Waals surface area contributed by atoms with Crippen molar-refractivity contribution in [2.24, 2.45) is 0 Å². The van der Waals surface area contributed by atoms with Gasteiger partial charge in [-0.25, -0.2) is 4.98 Å². The maximum atomic E-state index is 13.1. The van der Waals surface area contributed by atoms with Gasteiger partial charge in [0.25, 0.3) is 5.91 Å². The van der Waals surface area contributed by atoms with Crippen LogP contribution in [0.2, 0.25) is 0 Å². The van der Waals surface area contributed by atoms with Crippen molar-refractivity contribution in [1.82, 2.24) is 15.3 Å². The van der Waals surface area contributed by atoms with Crippen molar-refractivity contribution in [3.8, 4) is 23.1 Å². The summed E-state index contributed by atoms with van der Waals surface area (Å²) in [5, 5.41) is 2.94. The van der Waals surface area contributed by atoms with Crippen molar-refractivity contribution in [1.29, 1.82) is 0 Å². The van der Waals surface area contributed by atoms with Crippen molar-refractivity contribution in [2.75, 3.05) is 38.5 Å². The molecule has 1 unspecified atom stereocenters. The van der Waals surface area contributed by atoms with E-state index >= 15 is 0 Å². The van der Waals surface area contributed by atoms with E-state index in [9.17, 15) is 4.79 Å². The highest BCUT2D eigenvalue weighted by atomic mass is 16.7. The maximum Gasteiger partial charge on any atom is 0.258 e. The molecule has 2 aromatic carbocycles. The van der Waals surface area contributed by atoms with Gasteiger partial charge in [0, 0.05) is 31.6 Å². The number of anilines is 2. The molecule has 6 rings (SSSR count). The number of nitrogens with one attached hydrogen (secondary N) is 1. The Kier molecular flexibility index (Phi) is 6.40. The Bertz CT molecular complexity index is 1310. The standard InChI is InChI=1S/C27H28N4O6/c1-33-19-5-6-22-18(12-19)8-9-31(22)27-29-14-21(25(32)28-13-20-3-2-10-34-20)26(30-27)35-15-17-4-7-23-24(11-17)37-16-36-23/h4-7,11-12,14,20H,2-3,8-10,13,15-16H2,1H3,(H,28,32). The van der Waals surface area contributed by atoms with Gasteiger partial charge in [0.2, 0.25) is 18.6 Å². The summed E-state index contributed by atoms with van der Waals surface area (Å²) in [4.78, 5) is 24.4. The number of aromatic nitrogens is 2. The number of rotatable bonds is 8. The van der Waals surface area contributed by atoms with Crippen LogP contribution in [0.4, 0.5) is 11.6 Å². The van der Waals surface area contributed by atoms with Crippen molar-refractivity contribution < 1.29 is 28.5 Å². The molecule has 1 fully saturated rings. The predicted molar refractivity (Wildman–Crippen MR) is 134 cm³/mol. The Balaban J connectivity index is 1.26. The molecule has 3 aliphatic heterocycles. The van der Waals surface area contributed by atoms with E-state index in [0.717, 1.165) is 48.4 Å². The molecular weight excluding hydrogens is 476 g/mol. The van der Waals surface area contributed by atoms with Gasteiger partial charge in [-0.1, -0.05) is 6.07 Å². The van der Waals surface area contributed by atoms with E-state index in [1.54, 1.807) is 7.11 Å². The lowest BCUT2D eigenvalue weighted by Crippen LogP contribution is -2.32. The van der Waals surface area contributed by atoms with Crippen LogP contribution in [0, 0.1) is 0 Å². The van der Waals surface area contributed by atoms with Gasteiger partial charge in [-0.15, -0.1) is 0 Å². The highest BCUT2D eigenvalue weighted by Crippen LogP contribution is 2.36. The zero-order chi connectivity index (χ0) is 25.2. The van der Waals surface area contributed by atoms with Crippen molar-refractivity contribution in [2.45, 2.75) is 32.0 Å². The average molecular weight is 505 g/mol. The molecule has 10 heteroatoms. The third-order valence-corrected chi connectivity index (χ3v) is 6.74. The second-order valence-electron chi connectivity index (χ2n) is 9.11. The summed E-state index contributed by atoms with van der Waals surface area (Å²) in [6, 6.07) is 11.6. The maximum absolute atomic E-state index is 13.1. The van der Waals surface area contributed by atoms with E-state index in [1.807, 2.05) is 41.3 Å². The highest BCUT2D eigenvalue weighted by molar-refractivity contribution is 5.96. The number of ether oxygens (including phenoxy) is 5. The normalized spacial score (nSPS) is 17.5.